The number of nitrogens with zero attached hydrogens (tertiary/aromatic N) is 5. The topological polar surface area (TPSA) is 76.1 Å². The Bertz CT molecular complexity index is 1110. The molecule has 2 aromatic heterocycles. The van der Waals surface area contributed by atoms with E-state index in [-0.39, 0.29) is 6.01 Å². The highest BCUT2D eigenvalue weighted by molar-refractivity contribution is 7.18. The van der Waals surface area contributed by atoms with Crippen molar-refractivity contribution in [1.29, 1.82) is 0 Å². The molecule has 0 bridgehead atoms. The normalized spacial score (nSPS) is 13.4. The van der Waals surface area contributed by atoms with Crippen LogP contribution in [0.25, 0.3) is 10.4 Å². The quantitative estimate of drug-likeness (QED) is 0.467. The van der Waals surface area contributed by atoms with Gasteiger partial charge >= 0.3 is 6.01 Å². The van der Waals surface area contributed by atoms with E-state index in [9.17, 15) is 0 Å². The van der Waals surface area contributed by atoms with Crippen molar-refractivity contribution in [3.8, 4) is 22.2 Å². The number of hydrogen-bond donors (Lipinski definition) is 1. The number of aromatic nitrogens is 4. The molecule has 1 aliphatic rings. The van der Waals surface area contributed by atoms with Crippen molar-refractivity contribution in [2.24, 2.45) is 0 Å². The number of para-hydroxylation sites is 1. The third-order valence-electron chi connectivity index (χ3n) is 4.73. The second kappa shape index (κ2) is 8.46. The molecule has 0 amide bonds. The molecule has 1 saturated heterocycles. The number of rotatable bonds is 6. The van der Waals surface area contributed by atoms with Crippen LogP contribution in [0.2, 0.25) is 0 Å². The van der Waals surface area contributed by atoms with Gasteiger partial charge in [-0.3, -0.25) is 5.32 Å². The van der Waals surface area contributed by atoms with Crippen molar-refractivity contribution in [3.05, 3.63) is 66.9 Å². The van der Waals surface area contributed by atoms with Crippen molar-refractivity contribution < 1.29 is 4.74 Å². The maximum absolute atomic E-state index is 5.89. The van der Waals surface area contributed by atoms with E-state index in [1.807, 2.05) is 54.7 Å². The summed E-state index contributed by atoms with van der Waals surface area (Å²) in [6, 6.07) is 20.0. The highest BCUT2D eigenvalue weighted by Crippen LogP contribution is 2.31. The largest absolute Gasteiger partial charge is 0.424 e. The van der Waals surface area contributed by atoms with Crippen LogP contribution in [0.15, 0.2) is 66.9 Å². The van der Waals surface area contributed by atoms with Crippen LogP contribution in [-0.2, 0) is 0 Å². The molecule has 0 spiro atoms. The number of anilines is 3. The number of nitrogens with one attached hydrogen (secondary N) is 1. The number of ether oxygens (including phenoxy) is 1. The Morgan fingerprint density at radius 3 is 2.37 bits per heavy atom. The summed E-state index contributed by atoms with van der Waals surface area (Å²) in [7, 11) is 0. The monoisotopic (exact) mass is 416 g/mol. The van der Waals surface area contributed by atoms with Gasteiger partial charge in [0.2, 0.25) is 11.9 Å². The van der Waals surface area contributed by atoms with Gasteiger partial charge in [-0.15, -0.1) is 0 Å². The summed E-state index contributed by atoms with van der Waals surface area (Å²) in [5.74, 6) is 1.73. The van der Waals surface area contributed by atoms with Crippen LogP contribution in [0.5, 0.6) is 11.8 Å². The summed E-state index contributed by atoms with van der Waals surface area (Å²) >= 11 is 1.55. The molecule has 7 nitrogen and oxygen atoms in total. The van der Waals surface area contributed by atoms with E-state index in [0.717, 1.165) is 41.5 Å². The summed E-state index contributed by atoms with van der Waals surface area (Å²) in [5, 5.41) is 3.94. The summed E-state index contributed by atoms with van der Waals surface area (Å²) in [6.07, 6.45) is 4.12. The minimum Gasteiger partial charge on any atom is -0.424 e. The Morgan fingerprint density at radius 2 is 1.60 bits per heavy atom. The SMILES string of the molecule is c1ccc(Oc2nc(Nc3ncc(-c4ccccc4)s3)nc(N3CCCC3)n2)cc1. The van der Waals surface area contributed by atoms with Gasteiger partial charge in [0.15, 0.2) is 5.13 Å². The molecule has 0 saturated carbocycles. The van der Waals surface area contributed by atoms with Gasteiger partial charge < -0.3 is 9.64 Å². The summed E-state index contributed by atoms with van der Waals surface area (Å²) in [6.45, 7) is 1.87. The zero-order valence-electron chi connectivity index (χ0n) is 16.2. The van der Waals surface area contributed by atoms with Crippen LogP contribution in [0, 0.1) is 0 Å². The molecular weight excluding hydrogens is 396 g/mol. The van der Waals surface area contributed by atoms with E-state index < -0.39 is 0 Å². The first-order valence-electron chi connectivity index (χ1n) is 9.86. The first-order valence-corrected chi connectivity index (χ1v) is 10.7. The van der Waals surface area contributed by atoms with Crippen LogP contribution >= 0.6 is 11.3 Å². The molecule has 1 fully saturated rings. The van der Waals surface area contributed by atoms with E-state index in [4.69, 9.17) is 4.74 Å². The van der Waals surface area contributed by atoms with E-state index in [1.165, 1.54) is 0 Å². The smallest absolute Gasteiger partial charge is 0.328 e. The van der Waals surface area contributed by atoms with Gasteiger partial charge in [0.05, 0.1) is 4.88 Å². The number of benzene rings is 2. The number of hydrogen-bond acceptors (Lipinski definition) is 8. The fraction of sp³-hybridized carbons (Fsp3) is 0.182. The predicted molar refractivity (Wildman–Crippen MR) is 119 cm³/mol. The van der Waals surface area contributed by atoms with Crippen LogP contribution in [0.4, 0.5) is 17.0 Å². The molecule has 1 aliphatic heterocycles. The highest BCUT2D eigenvalue weighted by Gasteiger charge is 2.19. The van der Waals surface area contributed by atoms with Crippen molar-refractivity contribution in [3.63, 3.8) is 0 Å². The van der Waals surface area contributed by atoms with E-state index in [0.29, 0.717) is 17.6 Å². The molecule has 1 N–H and O–H groups in total. The van der Waals surface area contributed by atoms with Crippen LogP contribution in [0.1, 0.15) is 12.8 Å². The standard InChI is InChI=1S/C22H20N6OS/c1-3-9-16(10-4-1)18-15-23-22(30-18)26-19-24-20(28-13-7-8-14-28)27-21(25-19)29-17-11-5-2-6-12-17/h1-6,9-12,15H,7-8,13-14H2,(H,23,24,25,26,27). The molecule has 0 atom stereocenters. The molecule has 0 aliphatic carbocycles. The summed E-state index contributed by atoms with van der Waals surface area (Å²) in [4.78, 5) is 21.3. The van der Waals surface area contributed by atoms with E-state index >= 15 is 0 Å². The third kappa shape index (κ3) is 4.23. The van der Waals surface area contributed by atoms with Gasteiger partial charge in [-0.05, 0) is 30.5 Å². The predicted octanol–water partition coefficient (Wildman–Crippen LogP) is 5.13. The second-order valence-corrected chi connectivity index (χ2v) is 7.90. The fourth-order valence-corrected chi connectivity index (χ4v) is 4.08. The first-order chi connectivity index (χ1) is 14.8. The highest BCUT2D eigenvalue weighted by atomic mass is 32.1. The minimum atomic E-state index is 0.264. The van der Waals surface area contributed by atoms with Crippen LogP contribution in [0.3, 0.4) is 0 Å². The molecule has 4 aromatic rings. The lowest BCUT2D eigenvalue weighted by atomic mass is 10.2. The Morgan fingerprint density at radius 1 is 0.867 bits per heavy atom. The lowest BCUT2D eigenvalue weighted by Crippen LogP contribution is -2.21. The summed E-state index contributed by atoms with van der Waals surface area (Å²) < 4.78 is 5.89. The van der Waals surface area contributed by atoms with Crippen LogP contribution in [-0.4, -0.2) is 33.0 Å². The van der Waals surface area contributed by atoms with Crippen molar-refractivity contribution >= 4 is 28.4 Å². The van der Waals surface area contributed by atoms with Crippen LogP contribution < -0.4 is 15.0 Å². The fourth-order valence-electron chi connectivity index (χ4n) is 3.26. The van der Waals surface area contributed by atoms with Gasteiger partial charge in [0, 0.05) is 19.3 Å². The zero-order chi connectivity index (χ0) is 20.2. The molecule has 150 valence electrons. The molecule has 8 heteroatoms. The Kier molecular flexibility index (Phi) is 5.22. The molecule has 0 radical (unpaired) electrons. The van der Waals surface area contributed by atoms with Crippen molar-refractivity contribution in [2.75, 3.05) is 23.3 Å². The number of thiazole rings is 1. The van der Waals surface area contributed by atoms with Crippen molar-refractivity contribution in [2.45, 2.75) is 12.8 Å². The Labute approximate surface area is 178 Å². The Hall–Kier alpha value is -3.52. The third-order valence-corrected chi connectivity index (χ3v) is 5.69. The van der Waals surface area contributed by atoms with Gasteiger partial charge in [0.1, 0.15) is 5.75 Å². The second-order valence-electron chi connectivity index (χ2n) is 6.87. The minimum absolute atomic E-state index is 0.264. The molecule has 30 heavy (non-hydrogen) atoms. The Balaban J connectivity index is 1.42. The van der Waals surface area contributed by atoms with Gasteiger partial charge in [-0.1, -0.05) is 59.9 Å². The molecule has 2 aromatic carbocycles. The lowest BCUT2D eigenvalue weighted by Gasteiger charge is -2.16. The average molecular weight is 417 g/mol. The molecular formula is C22H20N6OS. The van der Waals surface area contributed by atoms with Gasteiger partial charge in [0.25, 0.3) is 0 Å². The molecule has 5 rings (SSSR count). The molecule has 3 heterocycles. The van der Waals surface area contributed by atoms with E-state index in [1.54, 1.807) is 11.3 Å². The maximum atomic E-state index is 5.89. The van der Waals surface area contributed by atoms with Crippen molar-refractivity contribution in [1.82, 2.24) is 19.9 Å². The van der Waals surface area contributed by atoms with Gasteiger partial charge in [-0.25, -0.2) is 4.98 Å². The first kappa shape index (κ1) is 18.5. The average Bonchev–Trinajstić information content (AvgIpc) is 3.48. The van der Waals surface area contributed by atoms with E-state index in [2.05, 4.69) is 42.3 Å². The molecule has 0 unspecified atom stereocenters. The van der Waals surface area contributed by atoms with Gasteiger partial charge in [-0.2, -0.15) is 15.0 Å². The lowest BCUT2D eigenvalue weighted by molar-refractivity contribution is 0.440. The zero-order valence-corrected chi connectivity index (χ0v) is 17.0. The summed E-state index contributed by atoms with van der Waals surface area (Å²) in [5.41, 5.74) is 1.13. The maximum Gasteiger partial charge on any atom is 0.328 e.